The van der Waals surface area contributed by atoms with Crippen LogP contribution in [0, 0.1) is 0 Å². The number of hydrogen-bond acceptors (Lipinski definition) is 3. The Kier molecular flexibility index (Phi) is 5.74. The molecule has 1 amide bonds. The highest BCUT2D eigenvalue weighted by Crippen LogP contribution is 2.35. The normalized spacial score (nSPS) is 11.0. The molecule has 148 valence electrons. The van der Waals surface area contributed by atoms with Gasteiger partial charge in [0.1, 0.15) is 11.4 Å². The second-order valence-electron chi connectivity index (χ2n) is 6.87. The molecule has 4 aromatic rings. The van der Waals surface area contributed by atoms with Crippen molar-refractivity contribution in [1.29, 1.82) is 0 Å². The monoisotopic (exact) mass is 468 g/mol. The lowest BCUT2D eigenvalue weighted by Crippen LogP contribution is -2.28. The number of carbonyl (C=O) groups is 1. The average molecular weight is 469 g/mol. The van der Waals surface area contributed by atoms with E-state index < -0.39 is 0 Å². The molecule has 0 saturated heterocycles. The van der Waals surface area contributed by atoms with Crippen molar-refractivity contribution < 1.29 is 9.53 Å². The van der Waals surface area contributed by atoms with E-state index in [1.807, 2.05) is 67.7 Å². The standard InChI is InChI=1S/C23H21BrN2O2S/c1-25(13-16-8-4-3-5-9-16)23(27)19-12-21-22(18(24)15-29-21)26(19)14-17-10-6-7-11-20(17)28-2/h3-12,15H,13-14H2,1-2H3. The molecule has 0 spiro atoms. The molecule has 0 radical (unpaired) electrons. The van der Waals surface area contributed by atoms with Gasteiger partial charge in [0.2, 0.25) is 0 Å². The number of nitrogens with zero attached hydrogens (tertiary/aromatic N) is 2. The van der Waals surface area contributed by atoms with Crippen LogP contribution < -0.4 is 4.74 Å². The molecule has 0 bridgehead atoms. The van der Waals surface area contributed by atoms with E-state index in [1.165, 1.54) is 0 Å². The van der Waals surface area contributed by atoms with Crippen LogP contribution in [0.4, 0.5) is 0 Å². The van der Waals surface area contributed by atoms with Crippen molar-refractivity contribution in [2.24, 2.45) is 0 Å². The molecule has 0 N–H and O–H groups in total. The lowest BCUT2D eigenvalue weighted by Gasteiger charge is -2.19. The van der Waals surface area contributed by atoms with Crippen molar-refractivity contribution in [2.75, 3.05) is 14.2 Å². The lowest BCUT2D eigenvalue weighted by molar-refractivity contribution is 0.0775. The van der Waals surface area contributed by atoms with Gasteiger partial charge in [-0.1, -0.05) is 48.5 Å². The van der Waals surface area contributed by atoms with Crippen LogP contribution in [-0.2, 0) is 13.1 Å². The number of rotatable bonds is 6. The second kappa shape index (κ2) is 8.43. The highest BCUT2D eigenvalue weighted by atomic mass is 79.9. The fraction of sp³-hybridized carbons (Fsp3) is 0.174. The summed E-state index contributed by atoms with van der Waals surface area (Å²) in [7, 11) is 3.52. The van der Waals surface area contributed by atoms with Crippen molar-refractivity contribution in [3.8, 4) is 5.75 Å². The molecule has 2 heterocycles. The molecule has 0 aliphatic carbocycles. The number of aromatic nitrogens is 1. The molecule has 4 rings (SSSR count). The largest absolute Gasteiger partial charge is 0.496 e. The van der Waals surface area contributed by atoms with E-state index in [2.05, 4.69) is 25.9 Å². The molecule has 2 aromatic carbocycles. The first-order valence-corrected chi connectivity index (χ1v) is 10.9. The Labute approximate surface area is 182 Å². The first-order chi connectivity index (χ1) is 14.1. The smallest absolute Gasteiger partial charge is 0.270 e. The number of hydrogen-bond donors (Lipinski definition) is 0. The van der Waals surface area contributed by atoms with Gasteiger partial charge in [-0.05, 0) is 33.6 Å². The molecule has 0 saturated carbocycles. The van der Waals surface area contributed by atoms with E-state index in [0.29, 0.717) is 18.8 Å². The molecule has 0 aliphatic heterocycles. The molecule has 0 aliphatic rings. The summed E-state index contributed by atoms with van der Waals surface area (Å²) >= 11 is 5.29. The number of halogens is 1. The van der Waals surface area contributed by atoms with Gasteiger partial charge in [-0.25, -0.2) is 0 Å². The molecule has 29 heavy (non-hydrogen) atoms. The zero-order chi connectivity index (χ0) is 20.4. The van der Waals surface area contributed by atoms with Crippen LogP contribution in [0.2, 0.25) is 0 Å². The van der Waals surface area contributed by atoms with Crippen LogP contribution in [0.3, 0.4) is 0 Å². The number of ether oxygens (including phenoxy) is 1. The summed E-state index contributed by atoms with van der Waals surface area (Å²) in [5.74, 6) is 0.816. The Hall–Kier alpha value is -2.57. The van der Waals surface area contributed by atoms with Gasteiger partial charge < -0.3 is 14.2 Å². The van der Waals surface area contributed by atoms with Crippen molar-refractivity contribution in [3.63, 3.8) is 0 Å². The number of fused-ring (bicyclic) bond motifs is 1. The van der Waals surface area contributed by atoms with Gasteiger partial charge in [-0.2, -0.15) is 0 Å². The van der Waals surface area contributed by atoms with Crippen molar-refractivity contribution in [3.05, 3.63) is 87.3 Å². The number of amides is 1. The van der Waals surface area contributed by atoms with Crippen LogP contribution in [0.1, 0.15) is 21.6 Å². The summed E-state index contributed by atoms with van der Waals surface area (Å²) in [5, 5.41) is 2.06. The number of thiophene rings is 1. The Balaban J connectivity index is 1.72. The Morgan fingerprint density at radius 3 is 2.62 bits per heavy atom. The third kappa shape index (κ3) is 3.95. The topological polar surface area (TPSA) is 34.5 Å². The fourth-order valence-electron chi connectivity index (χ4n) is 3.50. The minimum Gasteiger partial charge on any atom is -0.496 e. The first kappa shape index (κ1) is 19.7. The van der Waals surface area contributed by atoms with Crippen LogP contribution in [0.5, 0.6) is 5.75 Å². The van der Waals surface area contributed by atoms with Gasteiger partial charge in [0.15, 0.2) is 0 Å². The lowest BCUT2D eigenvalue weighted by atomic mass is 10.2. The maximum atomic E-state index is 13.4. The molecule has 4 nitrogen and oxygen atoms in total. The molecular formula is C23H21BrN2O2S. The van der Waals surface area contributed by atoms with Gasteiger partial charge >= 0.3 is 0 Å². The van der Waals surface area contributed by atoms with E-state index >= 15 is 0 Å². The van der Waals surface area contributed by atoms with E-state index in [9.17, 15) is 4.79 Å². The quantitative estimate of drug-likeness (QED) is 0.358. The number of methoxy groups -OCH3 is 1. The number of para-hydroxylation sites is 1. The van der Waals surface area contributed by atoms with Gasteiger partial charge in [-0.15, -0.1) is 11.3 Å². The zero-order valence-electron chi connectivity index (χ0n) is 16.3. The van der Waals surface area contributed by atoms with E-state index in [4.69, 9.17) is 4.74 Å². The predicted molar refractivity (Wildman–Crippen MR) is 122 cm³/mol. The van der Waals surface area contributed by atoms with Crippen LogP contribution >= 0.6 is 27.3 Å². The maximum Gasteiger partial charge on any atom is 0.270 e. The summed E-state index contributed by atoms with van der Waals surface area (Å²) in [6, 6.07) is 19.9. The van der Waals surface area contributed by atoms with Crippen LogP contribution in [0.25, 0.3) is 10.2 Å². The molecule has 2 aromatic heterocycles. The summed E-state index contributed by atoms with van der Waals surface area (Å²) in [4.78, 5) is 15.1. The average Bonchev–Trinajstić information content (AvgIpc) is 3.28. The zero-order valence-corrected chi connectivity index (χ0v) is 18.7. The molecule has 6 heteroatoms. The van der Waals surface area contributed by atoms with Gasteiger partial charge in [-0.3, -0.25) is 4.79 Å². The molecule has 0 unspecified atom stereocenters. The second-order valence-corrected chi connectivity index (χ2v) is 8.64. The molecule has 0 atom stereocenters. The Morgan fingerprint density at radius 2 is 1.86 bits per heavy atom. The van der Waals surface area contributed by atoms with Crippen LogP contribution in [-0.4, -0.2) is 29.5 Å². The van der Waals surface area contributed by atoms with Crippen LogP contribution in [0.15, 0.2) is 70.5 Å². The SMILES string of the molecule is COc1ccccc1Cn1c(C(=O)N(C)Cc2ccccc2)cc2scc(Br)c21. The molecule has 0 fully saturated rings. The highest BCUT2D eigenvalue weighted by Gasteiger charge is 2.22. The van der Waals surface area contributed by atoms with Gasteiger partial charge in [0.05, 0.1) is 28.3 Å². The minimum atomic E-state index is -0.000879. The first-order valence-electron chi connectivity index (χ1n) is 9.26. The van der Waals surface area contributed by atoms with Crippen molar-refractivity contribution in [2.45, 2.75) is 13.1 Å². The third-order valence-electron chi connectivity index (χ3n) is 4.93. The van der Waals surface area contributed by atoms with Crippen molar-refractivity contribution in [1.82, 2.24) is 9.47 Å². The minimum absolute atomic E-state index is 0.000879. The van der Waals surface area contributed by atoms with E-state index in [1.54, 1.807) is 23.3 Å². The number of carbonyl (C=O) groups excluding carboxylic acids is 1. The summed E-state index contributed by atoms with van der Waals surface area (Å²) in [5.41, 5.74) is 3.86. The summed E-state index contributed by atoms with van der Waals surface area (Å²) in [6.07, 6.45) is 0. The summed E-state index contributed by atoms with van der Waals surface area (Å²) < 4.78 is 9.69. The predicted octanol–water partition coefficient (Wildman–Crippen LogP) is 5.79. The van der Waals surface area contributed by atoms with Gasteiger partial charge in [0, 0.05) is 24.5 Å². The van der Waals surface area contributed by atoms with E-state index in [-0.39, 0.29) is 5.91 Å². The third-order valence-corrected chi connectivity index (χ3v) is 6.75. The number of benzene rings is 2. The Morgan fingerprint density at radius 1 is 1.14 bits per heavy atom. The van der Waals surface area contributed by atoms with Crippen molar-refractivity contribution >= 4 is 43.4 Å². The maximum absolute atomic E-state index is 13.4. The van der Waals surface area contributed by atoms with E-state index in [0.717, 1.165) is 31.6 Å². The highest BCUT2D eigenvalue weighted by molar-refractivity contribution is 9.10. The molecular weight excluding hydrogens is 448 g/mol. The summed E-state index contributed by atoms with van der Waals surface area (Å²) in [6.45, 7) is 1.12. The van der Waals surface area contributed by atoms with Gasteiger partial charge in [0.25, 0.3) is 5.91 Å². The Bertz CT molecular complexity index is 1150. The fourth-order valence-corrected chi connectivity index (χ4v) is 5.19.